The average molecular weight is 474 g/mol. The van der Waals surface area contributed by atoms with Crippen LogP contribution in [0.5, 0.6) is 11.5 Å². The predicted molar refractivity (Wildman–Crippen MR) is 126 cm³/mol. The number of thioether (sulfide) groups is 2. The molecule has 2 aromatic carbocycles. The molecule has 2 N–H and O–H groups in total. The molecule has 0 saturated carbocycles. The highest BCUT2D eigenvalue weighted by molar-refractivity contribution is 7.98. The predicted octanol–water partition coefficient (Wildman–Crippen LogP) is 4.80. The van der Waals surface area contributed by atoms with Crippen molar-refractivity contribution in [1.82, 2.24) is 19.9 Å². The standard InChI is InChI=1S/C21H20ClN5O2S2/c1-28-15-4-3-5-16(9-15)29-11-19-25-26-21(27(19)23)31-12-14-8-13-6-7-17(30-2)10-18(13)24-20(14)22/h3-10H,11-12,23H2,1-2H3. The van der Waals surface area contributed by atoms with Crippen LogP contribution in [0, 0.1) is 0 Å². The van der Waals surface area contributed by atoms with Gasteiger partial charge in [0.15, 0.2) is 5.82 Å². The molecule has 4 aromatic rings. The van der Waals surface area contributed by atoms with Gasteiger partial charge in [0, 0.05) is 27.7 Å². The van der Waals surface area contributed by atoms with Gasteiger partial charge in [0.1, 0.15) is 23.3 Å². The van der Waals surface area contributed by atoms with E-state index in [0.29, 0.717) is 33.4 Å². The Morgan fingerprint density at radius 1 is 1.10 bits per heavy atom. The summed E-state index contributed by atoms with van der Waals surface area (Å²) in [6.45, 7) is 0.188. The lowest BCUT2D eigenvalue weighted by Crippen LogP contribution is -2.15. The summed E-state index contributed by atoms with van der Waals surface area (Å²) in [7, 11) is 1.61. The van der Waals surface area contributed by atoms with Gasteiger partial charge in [-0.25, -0.2) is 9.66 Å². The summed E-state index contributed by atoms with van der Waals surface area (Å²) >= 11 is 9.53. The molecule has 0 spiro atoms. The number of ether oxygens (including phenoxy) is 2. The zero-order valence-electron chi connectivity index (χ0n) is 16.9. The number of hydrogen-bond acceptors (Lipinski definition) is 8. The van der Waals surface area contributed by atoms with E-state index in [0.717, 1.165) is 21.4 Å². The van der Waals surface area contributed by atoms with Crippen molar-refractivity contribution in [2.24, 2.45) is 0 Å². The molecule has 0 unspecified atom stereocenters. The van der Waals surface area contributed by atoms with Gasteiger partial charge in [-0.1, -0.05) is 35.5 Å². The Morgan fingerprint density at radius 2 is 1.94 bits per heavy atom. The molecule has 0 amide bonds. The Bertz CT molecular complexity index is 1220. The van der Waals surface area contributed by atoms with E-state index in [1.54, 1.807) is 24.9 Å². The maximum Gasteiger partial charge on any atom is 0.210 e. The lowest BCUT2D eigenvalue weighted by atomic mass is 10.2. The van der Waals surface area contributed by atoms with Crippen molar-refractivity contribution in [2.75, 3.05) is 19.2 Å². The van der Waals surface area contributed by atoms with Gasteiger partial charge in [0.25, 0.3) is 0 Å². The fourth-order valence-corrected chi connectivity index (χ4v) is 4.45. The van der Waals surface area contributed by atoms with E-state index in [1.165, 1.54) is 16.4 Å². The first-order valence-electron chi connectivity index (χ1n) is 9.29. The van der Waals surface area contributed by atoms with Crippen molar-refractivity contribution in [1.29, 1.82) is 0 Å². The highest BCUT2D eigenvalue weighted by atomic mass is 35.5. The minimum absolute atomic E-state index is 0.188. The molecule has 160 valence electrons. The molecule has 31 heavy (non-hydrogen) atoms. The van der Waals surface area contributed by atoms with Crippen LogP contribution in [0.1, 0.15) is 11.4 Å². The summed E-state index contributed by atoms with van der Waals surface area (Å²) in [5.41, 5.74) is 1.79. The second-order valence-corrected chi connectivity index (χ2v) is 8.70. The molecule has 2 aromatic heterocycles. The zero-order chi connectivity index (χ0) is 21.8. The summed E-state index contributed by atoms with van der Waals surface area (Å²) < 4.78 is 12.4. The van der Waals surface area contributed by atoms with Crippen molar-refractivity contribution in [3.8, 4) is 11.5 Å². The molecular formula is C21H20ClN5O2S2. The van der Waals surface area contributed by atoms with Gasteiger partial charge in [-0.15, -0.1) is 22.0 Å². The number of rotatable bonds is 8. The van der Waals surface area contributed by atoms with Gasteiger partial charge < -0.3 is 15.3 Å². The highest BCUT2D eigenvalue weighted by Crippen LogP contribution is 2.29. The maximum atomic E-state index is 6.42. The van der Waals surface area contributed by atoms with Gasteiger partial charge in [0.05, 0.1) is 12.6 Å². The van der Waals surface area contributed by atoms with E-state index in [-0.39, 0.29) is 6.61 Å². The summed E-state index contributed by atoms with van der Waals surface area (Å²) in [5.74, 6) is 8.62. The second-order valence-electron chi connectivity index (χ2n) is 6.52. The fraction of sp³-hybridized carbons (Fsp3) is 0.190. The number of methoxy groups -OCH3 is 1. The monoisotopic (exact) mass is 473 g/mol. The Hall–Kier alpha value is -2.62. The number of halogens is 1. The Balaban J connectivity index is 1.43. The number of nitrogens with zero attached hydrogens (tertiary/aromatic N) is 4. The molecule has 0 aliphatic carbocycles. The number of fused-ring (bicyclic) bond motifs is 1. The van der Waals surface area contributed by atoms with Crippen LogP contribution in [-0.2, 0) is 12.4 Å². The van der Waals surface area contributed by atoms with Crippen LogP contribution in [0.3, 0.4) is 0 Å². The van der Waals surface area contributed by atoms with Crippen LogP contribution in [0.15, 0.2) is 58.6 Å². The first-order chi connectivity index (χ1) is 15.1. The number of hydrogen-bond donors (Lipinski definition) is 1. The maximum absolute atomic E-state index is 6.42. The molecule has 0 aliphatic heterocycles. The van der Waals surface area contributed by atoms with Crippen molar-refractivity contribution in [3.63, 3.8) is 0 Å². The molecule has 0 atom stereocenters. The Morgan fingerprint density at radius 3 is 2.74 bits per heavy atom. The van der Waals surface area contributed by atoms with E-state index in [1.807, 2.05) is 36.6 Å². The largest absolute Gasteiger partial charge is 0.497 e. The van der Waals surface area contributed by atoms with Crippen molar-refractivity contribution >= 4 is 46.0 Å². The first kappa shape index (κ1) is 21.6. The Labute approximate surface area is 193 Å². The lowest BCUT2D eigenvalue weighted by molar-refractivity contribution is 0.289. The third kappa shape index (κ3) is 5.00. The van der Waals surface area contributed by atoms with Gasteiger partial charge in [-0.2, -0.15) is 0 Å². The minimum Gasteiger partial charge on any atom is -0.497 e. The van der Waals surface area contributed by atoms with Gasteiger partial charge in [-0.05, 0) is 36.6 Å². The van der Waals surface area contributed by atoms with Crippen molar-refractivity contribution in [2.45, 2.75) is 22.4 Å². The molecule has 0 saturated heterocycles. The average Bonchev–Trinajstić information content (AvgIpc) is 3.15. The van der Waals surface area contributed by atoms with E-state index < -0.39 is 0 Å². The van der Waals surface area contributed by atoms with E-state index in [9.17, 15) is 0 Å². The van der Waals surface area contributed by atoms with Crippen molar-refractivity contribution in [3.05, 3.63) is 65.1 Å². The lowest BCUT2D eigenvalue weighted by Gasteiger charge is -2.08. The Kier molecular flexibility index (Phi) is 6.74. The number of aromatic nitrogens is 4. The van der Waals surface area contributed by atoms with Crippen molar-refractivity contribution < 1.29 is 9.47 Å². The SMILES string of the molecule is COc1cccc(OCc2nnc(SCc3cc4ccc(SC)cc4nc3Cl)n2N)c1. The molecule has 0 bridgehead atoms. The molecule has 0 radical (unpaired) electrons. The van der Waals surface area contributed by atoms with Crippen LogP contribution in [-0.4, -0.2) is 33.2 Å². The van der Waals surface area contributed by atoms with E-state index in [2.05, 4.69) is 27.3 Å². The normalized spacial score (nSPS) is 11.1. The summed E-state index contributed by atoms with van der Waals surface area (Å²) in [4.78, 5) is 5.69. The number of pyridine rings is 1. The number of nitrogens with two attached hydrogens (primary N) is 1. The fourth-order valence-electron chi connectivity index (χ4n) is 2.88. The molecule has 10 heteroatoms. The summed E-state index contributed by atoms with van der Waals surface area (Å²) in [6.07, 6.45) is 2.03. The molecule has 0 fully saturated rings. The highest BCUT2D eigenvalue weighted by Gasteiger charge is 2.13. The number of benzene rings is 2. The zero-order valence-corrected chi connectivity index (χ0v) is 19.3. The van der Waals surface area contributed by atoms with Crippen LogP contribution >= 0.6 is 35.1 Å². The van der Waals surface area contributed by atoms with E-state index >= 15 is 0 Å². The van der Waals surface area contributed by atoms with Gasteiger partial charge in [0.2, 0.25) is 5.16 Å². The van der Waals surface area contributed by atoms with Gasteiger partial charge >= 0.3 is 0 Å². The molecule has 4 rings (SSSR count). The molecule has 7 nitrogen and oxygen atoms in total. The van der Waals surface area contributed by atoms with Gasteiger partial charge in [-0.3, -0.25) is 0 Å². The number of nitrogen functional groups attached to an aromatic ring is 1. The third-order valence-electron chi connectivity index (χ3n) is 4.55. The smallest absolute Gasteiger partial charge is 0.210 e. The summed E-state index contributed by atoms with van der Waals surface area (Å²) in [5, 5.41) is 10.4. The topological polar surface area (TPSA) is 88.1 Å². The first-order valence-corrected chi connectivity index (χ1v) is 11.9. The van der Waals surface area contributed by atoms with Crippen LogP contribution in [0.25, 0.3) is 10.9 Å². The second kappa shape index (κ2) is 9.67. The van der Waals surface area contributed by atoms with Crippen LogP contribution < -0.4 is 15.3 Å². The van der Waals surface area contributed by atoms with Crippen LogP contribution in [0.4, 0.5) is 0 Å². The molecular weight excluding hydrogens is 454 g/mol. The molecule has 0 aliphatic rings. The summed E-state index contributed by atoms with van der Waals surface area (Å²) in [6, 6.07) is 15.5. The third-order valence-corrected chi connectivity index (χ3v) is 6.60. The van der Waals surface area contributed by atoms with Crippen LogP contribution in [0.2, 0.25) is 5.15 Å². The van der Waals surface area contributed by atoms with E-state index in [4.69, 9.17) is 26.9 Å². The minimum atomic E-state index is 0.188. The quantitative estimate of drug-likeness (QED) is 0.222. The molecule has 2 heterocycles.